The summed E-state index contributed by atoms with van der Waals surface area (Å²) in [7, 11) is 0. The molecular formula is C26H38N4O5. The zero-order valence-corrected chi connectivity index (χ0v) is 21.3. The minimum atomic E-state index is -0.662. The summed E-state index contributed by atoms with van der Waals surface area (Å²) in [6.07, 6.45) is 1.77. The zero-order valence-electron chi connectivity index (χ0n) is 21.3. The van der Waals surface area contributed by atoms with E-state index in [-0.39, 0.29) is 47.6 Å². The number of aryl methyl sites for hydroxylation is 1. The molecule has 0 radical (unpaired) electrons. The first-order valence-electron chi connectivity index (χ1n) is 12.3. The van der Waals surface area contributed by atoms with E-state index in [0.29, 0.717) is 13.2 Å². The Morgan fingerprint density at radius 3 is 2.57 bits per heavy atom. The molecule has 0 spiro atoms. The second-order valence-electron chi connectivity index (χ2n) is 9.53. The number of anilines is 1. The van der Waals surface area contributed by atoms with Gasteiger partial charge in [-0.25, -0.2) is 4.79 Å². The fourth-order valence-electron chi connectivity index (χ4n) is 4.22. The van der Waals surface area contributed by atoms with Gasteiger partial charge in [-0.1, -0.05) is 37.3 Å². The summed E-state index contributed by atoms with van der Waals surface area (Å²) in [5.74, 6) is -0.660. The second-order valence-corrected chi connectivity index (χ2v) is 9.53. The number of benzene rings is 1. The maximum absolute atomic E-state index is 12.9. The van der Waals surface area contributed by atoms with Gasteiger partial charge in [0.05, 0.1) is 30.5 Å². The Morgan fingerprint density at radius 1 is 1.20 bits per heavy atom. The molecule has 1 saturated heterocycles. The Labute approximate surface area is 207 Å². The summed E-state index contributed by atoms with van der Waals surface area (Å²) in [6, 6.07) is 10.1. The largest absolute Gasteiger partial charge is 0.383 e. The maximum atomic E-state index is 12.9. The second kappa shape index (κ2) is 12.3. The average molecular weight is 487 g/mol. The minimum absolute atomic E-state index is 0.0233. The lowest BCUT2D eigenvalue weighted by Crippen LogP contribution is -2.36. The van der Waals surface area contributed by atoms with E-state index < -0.39 is 11.9 Å². The number of amides is 1. The van der Waals surface area contributed by atoms with Crippen LogP contribution >= 0.6 is 0 Å². The van der Waals surface area contributed by atoms with Crippen molar-refractivity contribution >= 4 is 11.7 Å². The van der Waals surface area contributed by atoms with Gasteiger partial charge in [0.15, 0.2) is 0 Å². The molecule has 35 heavy (non-hydrogen) atoms. The van der Waals surface area contributed by atoms with Crippen molar-refractivity contribution in [1.82, 2.24) is 14.9 Å². The van der Waals surface area contributed by atoms with Gasteiger partial charge < -0.3 is 25.3 Å². The molecule has 0 saturated carbocycles. The lowest BCUT2D eigenvalue weighted by molar-refractivity contribution is -0.0966. The maximum Gasteiger partial charge on any atom is 0.351 e. The van der Waals surface area contributed by atoms with Crippen molar-refractivity contribution in [2.45, 2.75) is 78.1 Å². The molecule has 3 N–H and O–H groups in total. The first kappa shape index (κ1) is 26.8. The third kappa shape index (κ3) is 7.13. The molecule has 3 rings (SSSR count). The molecule has 2 aromatic rings. The minimum Gasteiger partial charge on any atom is -0.383 e. The monoisotopic (exact) mass is 486 g/mol. The van der Waals surface area contributed by atoms with Crippen molar-refractivity contribution in [3.8, 4) is 0 Å². The van der Waals surface area contributed by atoms with Crippen molar-refractivity contribution in [3.05, 3.63) is 58.1 Å². The number of ether oxygens (including phenoxy) is 3. The number of nitrogens with one attached hydrogen (secondary N) is 1. The molecule has 1 aliphatic rings. The number of carbonyl (C=O) groups excluding carboxylic acids is 1. The van der Waals surface area contributed by atoms with Crippen LogP contribution in [0.25, 0.3) is 0 Å². The van der Waals surface area contributed by atoms with Crippen LogP contribution in [0, 0.1) is 5.92 Å². The molecule has 4 atom stereocenters. The lowest BCUT2D eigenvalue weighted by atomic mass is 10.0. The van der Waals surface area contributed by atoms with Gasteiger partial charge in [0.2, 0.25) is 0 Å². The van der Waals surface area contributed by atoms with Crippen molar-refractivity contribution < 1.29 is 19.0 Å². The first-order valence-corrected chi connectivity index (χ1v) is 12.3. The van der Waals surface area contributed by atoms with Crippen molar-refractivity contribution in [1.29, 1.82) is 0 Å². The molecule has 1 unspecified atom stereocenters. The Kier molecular flexibility index (Phi) is 9.42. The van der Waals surface area contributed by atoms with Crippen LogP contribution in [0.5, 0.6) is 0 Å². The van der Waals surface area contributed by atoms with Gasteiger partial charge >= 0.3 is 5.69 Å². The van der Waals surface area contributed by atoms with E-state index in [9.17, 15) is 9.59 Å². The van der Waals surface area contributed by atoms with E-state index >= 15 is 0 Å². The topological polar surface area (TPSA) is 118 Å². The highest BCUT2D eigenvalue weighted by molar-refractivity contribution is 5.97. The molecule has 1 aromatic heterocycles. The van der Waals surface area contributed by atoms with Crippen LogP contribution in [0.1, 0.15) is 63.2 Å². The standard InChI is InChI=1S/C26H38N4O5/c1-16(2)33-15-21-22(34-17(3)4)18(5)25(35-21)30-14-20(23(27)29-26(30)32)24(31)28-13-9-12-19-10-7-6-8-11-19/h6-8,10-11,14,16-18,21-22,25H,9,12-13,15H2,1-5H3,(H,28,31)(H2,27,29,32)/t18-,21+,22?,25+/m0/s1. The molecule has 2 heterocycles. The lowest BCUT2D eigenvalue weighted by Gasteiger charge is -2.24. The van der Waals surface area contributed by atoms with Crippen LogP contribution in [-0.2, 0) is 20.6 Å². The Balaban J connectivity index is 1.73. The molecule has 1 aliphatic heterocycles. The first-order chi connectivity index (χ1) is 16.7. The van der Waals surface area contributed by atoms with Gasteiger partial charge in [-0.15, -0.1) is 0 Å². The summed E-state index contributed by atoms with van der Waals surface area (Å²) >= 11 is 0. The van der Waals surface area contributed by atoms with Gasteiger partial charge in [0.1, 0.15) is 18.1 Å². The van der Waals surface area contributed by atoms with E-state index in [0.717, 1.165) is 12.8 Å². The van der Waals surface area contributed by atoms with Crippen LogP contribution in [0.2, 0.25) is 0 Å². The van der Waals surface area contributed by atoms with Crippen molar-refractivity contribution in [2.75, 3.05) is 18.9 Å². The van der Waals surface area contributed by atoms with E-state index in [1.807, 2.05) is 52.8 Å². The van der Waals surface area contributed by atoms with Crippen LogP contribution in [0.4, 0.5) is 5.82 Å². The van der Waals surface area contributed by atoms with Gasteiger partial charge in [-0.3, -0.25) is 9.36 Å². The number of nitrogen functional groups attached to an aromatic ring is 1. The van der Waals surface area contributed by atoms with Gasteiger partial charge in [0.25, 0.3) is 5.91 Å². The number of carbonyl (C=O) groups is 1. The van der Waals surface area contributed by atoms with Gasteiger partial charge in [-0.2, -0.15) is 4.98 Å². The van der Waals surface area contributed by atoms with Crippen LogP contribution < -0.4 is 16.7 Å². The molecular weight excluding hydrogens is 448 g/mol. The Hall–Kier alpha value is -2.75. The van der Waals surface area contributed by atoms with E-state index in [1.165, 1.54) is 16.3 Å². The highest BCUT2D eigenvalue weighted by atomic mass is 16.6. The van der Waals surface area contributed by atoms with Gasteiger partial charge in [-0.05, 0) is 46.1 Å². The number of hydrogen-bond donors (Lipinski definition) is 2. The molecule has 0 aliphatic carbocycles. The zero-order chi connectivity index (χ0) is 25.5. The number of hydrogen-bond acceptors (Lipinski definition) is 7. The molecule has 192 valence electrons. The number of nitrogens with zero attached hydrogens (tertiary/aromatic N) is 2. The molecule has 9 nitrogen and oxygen atoms in total. The van der Waals surface area contributed by atoms with Crippen LogP contribution in [-0.4, -0.2) is 53.0 Å². The quantitative estimate of drug-likeness (QED) is 0.469. The molecule has 9 heteroatoms. The summed E-state index contributed by atoms with van der Waals surface area (Å²) < 4.78 is 19.5. The summed E-state index contributed by atoms with van der Waals surface area (Å²) in [5, 5.41) is 2.88. The van der Waals surface area contributed by atoms with Crippen LogP contribution in [0.3, 0.4) is 0 Å². The normalized spacial score (nSPS) is 22.1. The number of nitrogens with two attached hydrogens (primary N) is 1. The predicted molar refractivity (Wildman–Crippen MR) is 134 cm³/mol. The summed E-state index contributed by atoms with van der Waals surface area (Å²) in [5.41, 5.74) is 6.72. The summed E-state index contributed by atoms with van der Waals surface area (Å²) in [4.78, 5) is 29.5. The van der Waals surface area contributed by atoms with E-state index in [1.54, 1.807) is 0 Å². The smallest absolute Gasteiger partial charge is 0.351 e. The molecule has 1 aromatic carbocycles. The fourth-order valence-corrected chi connectivity index (χ4v) is 4.22. The Bertz CT molecular complexity index is 1020. The van der Waals surface area contributed by atoms with Crippen LogP contribution in [0.15, 0.2) is 41.3 Å². The highest BCUT2D eigenvalue weighted by Gasteiger charge is 2.45. The Morgan fingerprint density at radius 2 is 1.91 bits per heavy atom. The third-order valence-electron chi connectivity index (χ3n) is 5.94. The summed E-state index contributed by atoms with van der Waals surface area (Å²) in [6.45, 7) is 10.6. The van der Waals surface area contributed by atoms with Gasteiger partial charge in [0, 0.05) is 18.7 Å². The molecule has 1 fully saturated rings. The predicted octanol–water partition coefficient (Wildman–Crippen LogP) is 2.94. The third-order valence-corrected chi connectivity index (χ3v) is 5.94. The average Bonchev–Trinajstić information content (AvgIpc) is 3.10. The van der Waals surface area contributed by atoms with E-state index in [2.05, 4.69) is 22.4 Å². The number of aromatic nitrogens is 2. The van der Waals surface area contributed by atoms with Crippen molar-refractivity contribution in [3.63, 3.8) is 0 Å². The highest BCUT2D eigenvalue weighted by Crippen LogP contribution is 2.36. The SMILES string of the molecule is CC(C)OC[C@H]1O[C@@H](n2cc(C(=O)NCCCc3ccccc3)c(N)nc2=O)[C@@H](C)C1OC(C)C. The fraction of sp³-hybridized carbons (Fsp3) is 0.577. The molecule has 1 amide bonds. The number of rotatable bonds is 11. The van der Waals surface area contributed by atoms with Crippen molar-refractivity contribution in [2.24, 2.45) is 5.92 Å². The van der Waals surface area contributed by atoms with E-state index in [4.69, 9.17) is 19.9 Å². The molecule has 0 bridgehead atoms.